The molecule has 0 bridgehead atoms. The molecular formula is C28H29ClN6O3. The average molecular weight is 533 g/mol. The molecule has 1 amide bonds. The van der Waals surface area contributed by atoms with Crippen molar-refractivity contribution in [2.24, 2.45) is 0 Å². The second kappa shape index (κ2) is 11.5. The number of carbonyl (C=O) groups excluding carboxylic acids is 1. The van der Waals surface area contributed by atoms with Gasteiger partial charge in [0.15, 0.2) is 0 Å². The quantitative estimate of drug-likeness (QED) is 0.227. The number of benzene rings is 2. The van der Waals surface area contributed by atoms with E-state index in [0.717, 1.165) is 41.9 Å². The first kappa shape index (κ1) is 25.6. The second-order valence-corrected chi connectivity index (χ2v) is 9.34. The molecule has 0 spiro atoms. The van der Waals surface area contributed by atoms with Crippen molar-refractivity contribution < 1.29 is 14.3 Å². The lowest BCUT2D eigenvalue weighted by Crippen LogP contribution is -2.25. The number of halogens is 1. The number of H-pyrrole nitrogens is 1. The van der Waals surface area contributed by atoms with Crippen LogP contribution in [0.25, 0.3) is 22.2 Å². The Balaban J connectivity index is 1.36. The van der Waals surface area contributed by atoms with E-state index in [-0.39, 0.29) is 5.91 Å². The number of nitrogens with zero attached hydrogens (tertiary/aromatic N) is 3. The lowest BCUT2D eigenvalue weighted by Gasteiger charge is -2.15. The van der Waals surface area contributed by atoms with Crippen LogP contribution < -0.4 is 20.1 Å². The normalized spacial score (nSPS) is 13.4. The highest BCUT2D eigenvalue weighted by Gasteiger charge is 2.16. The first-order valence-corrected chi connectivity index (χ1v) is 12.8. The Morgan fingerprint density at radius 2 is 2.08 bits per heavy atom. The minimum atomic E-state index is -0.314. The summed E-state index contributed by atoms with van der Waals surface area (Å²) in [6.45, 7) is 7.39. The Kier molecular flexibility index (Phi) is 7.76. The van der Waals surface area contributed by atoms with Crippen LogP contribution in [0.2, 0.25) is 5.02 Å². The van der Waals surface area contributed by atoms with Crippen molar-refractivity contribution in [3.05, 3.63) is 66.5 Å². The number of amides is 1. The number of nitrogens with one attached hydrogen (secondary N) is 3. The molecule has 0 radical (unpaired) electrons. The van der Waals surface area contributed by atoms with Crippen LogP contribution in [0.5, 0.6) is 11.5 Å². The van der Waals surface area contributed by atoms with Gasteiger partial charge in [-0.2, -0.15) is 0 Å². The zero-order chi connectivity index (χ0) is 26.5. The van der Waals surface area contributed by atoms with Gasteiger partial charge >= 0.3 is 0 Å². The van der Waals surface area contributed by atoms with Crippen LogP contribution in [0.4, 0.5) is 17.3 Å². The summed E-state index contributed by atoms with van der Waals surface area (Å²) in [6.07, 6.45) is 7.18. The highest BCUT2D eigenvalue weighted by atomic mass is 35.5. The minimum absolute atomic E-state index is 0.314. The fourth-order valence-electron chi connectivity index (χ4n) is 4.50. The van der Waals surface area contributed by atoms with Gasteiger partial charge in [0.05, 0.1) is 29.7 Å². The van der Waals surface area contributed by atoms with Gasteiger partial charge in [0.2, 0.25) is 11.9 Å². The lowest BCUT2D eigenvalue weighted by atomic mass is 10.1. The zero-order valence-corrected chi connectivity index (χ0v) is 21.8. The van der Waals surface area contributed by atoms with E-state index in [1.165, 1.54) is 18.9 Å². The summed E-state index contributed by atoms with van der Waals surface area (Å²) in [5, 5.41) is 7.29. The molecule has 1 aliphatic heterocycles. The van der Waals surface area contributed by atoms with Crippen LogP contribution in [-0.2, 0) is 4.79 Å². The third kappa shape index (κ3) is 5.74. The Labute approximate surface area is 225 Å². The summed E-state index contributed by atoms with van der Waals surface area (Å²) in [5.41, 5.74) is 3.50. The first-order chi connectivity index (χ1) is 18.5. The van der Waals surface area contributed by atoms with Crippen LogP contribution in [-0.4, -0.2) is 59.1 Å². The Bertz CT molecular complexity index is 1460. The van der Waals surface area contributed by atoms with E-state index in [1.807, 2.05) is 24.4 Å². The van der Waals surface area contributed by atoms with Crippen molar-refractivity contribution in [3.63, 3.8) is 0 Å². The molecular weight excluding hydrogens is 504 g/mol. The number of hydrogen-bond acceptors (Lipinski definition) is 7. The zero-order valence-electron chi connectivity index (χ0n) is 21.1. The molecule has 2 aromatic heterocycles. The van der Waals surface area contributed by atoms with Gasteiger partial charge in [0, 0.05) is 41.0 Å². The third-order valence-electron chi connectivity index (χ3n) is 6.43. The van der Waals surface area contributed by atoms with E-state index < -0.39 is 0 Å². The van der Waals surface area contributed by atoms with Gasteiger partial charge in [0.25, 0.3) is 0 Å². The highest BCUT2D eigenvalue weighted by Crippen LogP contribution is 2.35. The standard InChI is InChI=1S/C28H29ClN6O3/c1-3-26(36)32-18-6-9-25(37-2)24(14-18)33-28-31-17-22(29)27(34-28)21-16-30-23-15-19(7-8-20(21)23)38-13-12-35-10-4-5-11-35/h3,6-9,14-17,30H,1,4-5,10-13H2,2H3,(H,32,36)(H,31,33,34). The molecule has 1 aliphatic rings. The van der Waals surface area contributed by atoms with Gasteiger partial charge in [-0.25, -0.2) is 9.97 Å². The summed E-state index contributed by atoms with van der Waals surface area (Å²) in [6, 6.07) is 11.2. The van der Waals surface area contributed by atoms with Gasteiger partial charge in [-0.05, 0) is 62.3 Å². The molecule has 1 saturated heterocycles. The molecule has 2 aromatic carbocycles. The van der Waals surface area contributed by atoms with Crippen LogP contribution in [0.3, 0.4) is 0 Å². The molecule has 3 heterocycles. The Morgan fingerprint density at radius 3 is 2.87 bits per heavy atom. The number of aromatic nitrogens is 3. The number of aromatic amines is 1. The van der Waals surface area contributed by atoms with Gasteiger partial charge in [-0.3, -0.25) is 9.69 Å². The van der Waals surface area contributed by atoms with Crippen molar-refractivity contribution in [1.29, 1.82) is 0 Å². The van der Waals surface area contributed by atoms with Crippen molar-refractivity contribution in [1.82, 2.24) is 19.9 Å². The van der Waals surface area contributed by atoms with E-state index in [1.54, 1.807) is 31.5 Å². The number of ether oxygens (including phenoxy) is 2. The van der Waals surface area contributed by atoms with E-state index in [0.29, 0.717) is 40.4 Å². The van der Waals surface area contributed by atoms with Gasteiger partial charge < -0.3 is 25.1 Å². The first-order valence-electron chi connectivity index (χ1n) is 12.4. The number of likely N-dealkylation sites (tertiary alicyclic amines) is 1. The van der Waals surface area contributed by atoms with Crippen molar-refractivity contribution in [2.45, 2.75) is 12.8 Å². The summed E-state index contributed by atoms with van der Waals surface area (Å²) in [4.78, 5) is 26.5. The molecule has 0 unspecified atom stereocenters. The molecule has 4 aromatic rings. The van der Waals surface area contributed by atoms with E-state index >= 15 is 0 Å². The minimum Gasteiger partial charge on any atom is -0.495 e. The monoisotopic (exact) mass is 532 g/mol. The molecule has 3 N–H and O–H groups in total. The predicted molar refractivity (Wildman–Crippen MR) is 151 cm³/mol. The van der Waals surface area contributed by atoms with Crippen LogP contribution in [0.15, 0.2) is 61.4 Å². The average Bonchev–Trinajstić information content (AvgIpc) is 3.60. The fraction of sp³-hybridized carbons (Fsp3) is 0.250. The molecule has 0 saturated carbocycles. The maximum Gasteiger partial charge on any atom is 0.247 e. The Hall–Kier alpha value is -4.08. The molecule has 0 atom stereocenters. The van der Waals surface area contributed by atoms with Crippen LogP contribution in [0.1, 0.15) is 12.8 Å². The largest absolute Gasteiger partial charge is 0.495 e. The summed E-state index contributed by atoms with van der Waals surface area (Å²) >= 11 is 6.53. The van der Waals surface area contributed by atoms with Crippen LogP contribution >= 0.6 is 11.6 Å². The number of fused-ring (bicyclic) bond motifs is 1. The topological polar surface area (TPSA) is 104 Å². The van der Waals surface area contributed by atoms with Gasteiger partial charge in [-0.15, -0.1) is 0 Å². The third-order valence-corrected chi connectivity index (χ3v) is 6.70. The maximum absolute atomic E-state index is 11.7. The van der Waals surface area contributed by atoms with Crippen molar-refractivity contribution >= 4 is 45.7 Å². The number of rotatable bonds is 10. The molecule has 196 valence electrons. The molecule has 5 rings (SSSR count). The molecule has 38 heavy (non-hydrogen) atoms. The molecule has 10 heteroatoms. The summed E-state index contributed by atoms with van der Waals surface area (Å²) in [5.74, 6) is 1.39. The second-order valence-electron chi connectivity index (χ2n) is 8.93. The molecule has 9 nitrogen and oxygen atoms in total. The number of anilines is 3. The maximum atomic E-state index is 11.7. The summed E-state index contributed by atoms with van der Waals surface area (Å²) in [7, 11) is 1.56. The number of methoxy groups -OCH3 is 1. The molecule has 0 aliphatic carbocycles. The van der Waals surface area contributed by atoms with E-state index in [2.05, 4.69) is 37.1 Å². The lowest BCUT2D eigenvalue weighted by molar-refractivity contribution is -0.111. The number of carbonyl (C=O) groups is 1. The SMILES string of the molecule is C=CC(=O)Nc1ccc(OC)c(Nc2ncc(Cl)c(-c3c[nH]c4cc(OCCN5CCCC5)ccc34)n2)c1. The van der Waals surface area contributed by atoms with E-state index in [4.69, 9.17) is 21.1 Å². The smallest absolute Gasteiger partial charge is 0.247 e. The highest BCUT2D eigenvalue weighted by molar-refractivity contribution is 6.33. The predicted octanol–water partition coefficient (Wildman–Crippen LogP) is 5.63. The fourth-order valence-corrected chi connectivity index (χ4v) is 4.70. The van der Waals surface area contributed by atoms with E-state index in [9.17, 15) is 4.79 Å². The van der Waals surface area contributed by atoms with Gasteiger partial charge in [0.1, 0.15) is 18.1 Å². The Morgan fingerprint density at radius 1 is 1.24 bits per heavy atom. The van der Waals surface area contributed by atoms with Crippen molar-refractivity contribution in [2.75, 3.05) is 44.0 Å². The van der Waals surface area contributed by atoms with Crippen LogP contribution in [0, 0.1) is 0 Å². The molecule has 1 fully saturated rings. The van der Waals surface area contributed by atoms with Crippen molar-refractivity contribution in [3.8, 4) is 22.8 Å². The number of hydrogen-bond donors (Lipinski definition) is 3. The summed E-state index contributed by atoms with van der Waals surface area (Å²) < 4.78 is 11.5. The van der Waals surface area contributed by atoms with Gasteiger partial charge in [-0.1, -0.05) is 18.2 Å².